The van der Waals surface area contributed by atoms with E-state index < -0.39 is 33.9 Å². The molecule has 1 aromatic heterocycles. The summed E-state index contributed by atoms with van der Waals surface area (Å²) in [6.45, 7) is 1.48. The molecule has 11 heteroatoms. The number of aromatic nitrogens is 1. The van der Waals surface area contributed by atoms with Gasteiger partial charge in [0.25, 0.3) is 5.91 Å². The minimum absolute atomic E-state index is 0.0256. The lowest BCUT2D eigenvalue weighted by Crippen LogP contribution is -2.30. The van der Waals surface area contributed by atoms with Crippen molar-refractivity contribution in [1.29, 1.82) is 0 Å². The third kappa shape index (κ3) is 6.89. The molecule has 0 aliphatic heterocycles. The minimum atomic E-state index is -4.15. The molecule has 2 fully saturated rings. The number of hydrogen-bond donors (Lipinski definition) is 2. The van der Waals surface area contributed by atoms with Gasteiger partial charge in [0.05, 0.1) is 35.8 Å². The van der Waals surface area contributed by atoms with E-state index in [2.05, 4.69) is 5.32 Å². The molecule has 5 rings (SSSR count). The summed E-state index contributed by atoms with van der Waals surface area (Å²) in [6.07, 6.45) is -0.986. The van der Waals surface area contributed by atoms with Gasteiger partial charge >= 0.3 is 6.18 Å². The predicted octanol–water partition coefficient (Wildman–Crippen LogP) is 6.12. The second kappa shape index (κ2) is 12.2. The van der Waals surface area contributed by atoms with Crippen LogP contribution in [0.4, 0.5) is 13.2 Å². The third-order valence-corrected chi connectivity index (χ3v) is 10.1. The van der Waals surface area contributed by atoms with Crippen LogP contribution in [0.1, 0.15) is 79.0 Å². The highest BCUT2D eigenvalue weighted by molar-refractivity contribution is 7.91. The molecule has 0 saturated heterocycles. The molecule has 1 amide bonds. The molecule has 2 aromatic carbocycles. The standard InChI is InChI=1S/C31H35F3N2O5S/c1-2-42(39,40)25-12-7-21(8-13-25)28(17-37)35-29(38)22-9-14-26-23(15-22)16-27(20-5-6-20)36-30(26)41-18-19-3-10-24(11-4-19)31(32,33)34/h7-9,12-16,19-20,24,28,37H,2-6,10-11,17-18H2,1H3,(H,35,38)/t19?,24?,28-/m0/s1. The summed E-state index contributed by atoms with van der Waals surface area (Å²) in [4.78, 5) is 18.1. The second-order valence-electron chi connectivity index (χ2n) is 11.3. The summed E-state index contributed by atoms with van der Waals surface area (Å²) in [5.41, 5.74) is 1.81. The number of nitrogens with zero attached hydrogens (tertiary/aromatic N) is 1. The summed E-state index contributed by atoms with van der Waals surface area (Å²) in [5, 5.41) is 14.3. The predicted molar refractivity (Wildman–Crippen MR) is 152 cm³/mol. The molecule has 42 heavy (non-hydrogen) atoms. The maximum atomic E-state index is 13.2. The Balaban J connectivity index is 1.31. The molecule has 2 aliphatic rings. The van der Waals surface area contributed by atoms with Crippen LogP contribution in [0.3, 0.4) is 0 Å². The van der Waals surface area contributed by atoms with Crippen molar-refractivity contribution in [2.45, 2.75) is 68.5 Å². The van der Waals surface area contributed by atoms with E-state index >= 15 is 0 Å². The van der Waals surface area contributed by atoms with E-state index in [9.17, 15) is 31.5 Å². The molecule has 0 unspecified atom stereocenters. The van der Waals surface area contributed by atoms with Gasteiger partial charge in [-0.2, -0.15) is 13.2 Å². The van der Waals surface area contributed by atoms with Gasteiger partial charge in [0.1, 0.15) is 0 Å². The molecule has 0 radical (unpaired) electrons. The van der Waals surface area contributed by atoms with Gasteiger partial charge in [0.15, 0.2) is 9.84 Å². The number of fused-ring (bicyclic) bond motifs is 1. The maximum absolute atomic E-state index is 13.2. The summed E-state index contributed by atoms with van der Waals surface area (Å²) in [6, 6.07) is 12.4. The number of sulfone groups is 1. The number of rotatable bonds is 10. The first-order valence-corrected chi connectivity index (χ1v) is 16.0. The molecule has 0 bridgehead atoms. The average Bonchev–Trinajstić information content (AvgIpc) is 3.84. The summed E-state index contributed by atoms with van der Waals surface area (Å²) < 4.78 is 69.5. The van der Waals surface area contributed by atoms with Crippen LogP contribution in [0.15, 0.2) is 53.4 Å². The van der Waals surface area contributed by atoms with Crippen molar-refractivity contribution in [3.8, 4) is 5.88 Å². The van der Waals surface area contributed by atoms with Crippen molar-refractivity contribution in [3.63, 3.8) is 0 Å². The number of nitrogens with one attached hydrogen (secondary N) is 1. The average molecular weight is 605 g/mol. The van der Waals surface area contributed by atoms with Gasteiger partial charge in [-0.05, 0) is 91.8 Å². The molecule has 2 saturated carbocycles. The van der Waals surface area contributed by atoms with Crippen LogP contribution in [-0.2, 0) is 9.84 Å². The van der Waals surface area contributed by atoms with Crippen LogP contribution in [-0.4, -0.2) is 49.6 Å². The number of benzene rings is 2. The molecule has 0 spiro atoms. The highest BCUT2D eigenvalue weighted by Gasteiger charge is 2.41. The fourth-order valence-corrected chi connectivity index (χ4v) is 6.37. The monoisotopic (exact) mass is 604 g/mol. The van der Waals surface area contributed by atoms with Crippen LogP contribution in [0, 0.1) is 11.8 Å². The van der Waals surface area contributed by atoms with Crippen molar-refractivity contribution in [2.75, 3.05) is 19.0 Å². The number of carbonyl (C=O) groups excluding carboxylic acids is 1. The van der Waals surface area contributed by atoms with Crippen molar-refractivity contribution < 1.29 is 36.2 Å². The number of carbonyl (C=O) groups is 1. The first-order chi connectivity index (χ1) is 20.0. The number of alkyl halides is 3. The number of aliphatic hydroxyl groups excluding tert-OH is 1. The van der Waals surface area contributed by atoms with Gasteiger partial charge < -0.3 is 15.2 Å². The van der Waals surface area contributed by atoms with E-state index in [0.29, 0.717) is 47.8 Å². The number of hydrogen-bond acceptors (Lipinski definition) is 6. The number of amides is 1. The first kappa shape index (κ1) is 30.3. The highest BCUT2D eigenvalue weighted by atomic mass is 32.2. The fraction of sp³-hybridized carbons (Fsp3) is 0.484. The lowest BCUT2D eigenvalue weighted by atomic mass is 9.82. The third-order valence-electron chi connectivity index (χ3n) is 8.35. The lowest BCUT2D eigenvalue weighted by molar-refractivity contribution is -0.184. The molecule has 7 nitrogen and oxygen atoms in total. The summed E-state index contributed by atoms with van der Waals surface area (Å²) in [5.74, 6) is -0.902. The zero-order chi connectivity index (χ0) is 30.1. The Morgan fingerprint density at radius 2 is 1.74 bits per heavy atom. The Bertz CT molecular complexity index is 1530. The van der Waals surface area contributed by atoms with Crippen LogP contribution >= 0.6 is 0 Å². The largest absolute Gasteiger partial charge is 0.477 e. The Morgan fingerprint density at radius 1 is 1.05 bits per heavy atom. The number of pyridine rings is 1. The Kier molecular flexibility index (Phi) is 8.80. The molecular weight excluding hydrogens is 569 g/mol. The van der Waals surface area contributed by atoms with Crippen LogP contribution in [0.2, 0.25) is 0 Å². The smallest absolute Gasteiger partial charge is 0.391 e. The maximum Gasteiger partial charge on any atom is 0.391 e. The topological polar surface area (TPSA) is 106 Å². The van der Waals surface area contributed by atoms with Crippen LogP contribution in [0.5, 0.6) is 5.88 Å². The van der Waals surface area contributed by atoms with Gasteiger partial charge in [-0.15, -0.1) is 0 Å². The molecule has 2 N–H and O–H groups in total. The number of halogens is 3. The molecule has 1 heterocycles. The van der Waals surface area contributed by atoms with Gasteiger partial charge in [0, 0.05) is 22.6 Å². The molecule has 3 aromatic rings. The fourth-order valence-electron chi connectivity index (χ4n) is 5.49. The Morgan fingerprint density at radius 3 is 2.33 bits per heavy atom. The number of aliphatic hydroxyl groups is 1. The van der Waals surface area contributed by atoms with Crippen LogP contribution in [0.25, 0.3) is 10.8 Å². The molecule has 2 aliphatic carbocycles. The van der Waals surface area contributed by atoms with E-state index in [-0.39, 0.29) is 36.0 Å². The lowest BCUT2D eigenvalue weighted by Gasteiger charge is -2.29. The Hall–Kier alpha value is -3.18. The van der Waals surface area contributed by atoms with E-state index in [0.717, 1.165) is 23.9 Å². The normalized spacial score (nSPS) is 20.3. The van der Waals surface area contributed by atoms with Gasteiger partial charge in [-0.3, -0.25) is 4.79 Å². The quantitative estimate of drug-likeness (QED) is 0.289. The van der Waals surface area contributed by atoms with E-state index in [1.807, 2.05) is 6.07 Å². The van der Waals surface area contributed by atoms with E-state index in [1.54, 1.807) is 37.3 Å². The second-order valence-corrected chi connectivity index (χ2v) is 13.6. The van der Waals surface area contributed by atoms with Crippen molar-refractivity contribution in [1.82, 2.24) is 10.3 Å². The van der Waals surface area contributed by atoms with Crippen molar-refractivity contribution >= 4 is 26.5 Å². The molecule has 1 atom stereocenters. The zero-order valence-electron chi connectivity index (χ0n) is 23.4. The van der Waals surface area contributed by atoms with Crippen molar-refractivity contribution in [3.05, 3.63) is 65.4 Å². The number of ether oxygens (including phenoxy) is 1. The van der Waals surface area contributed by atoms with Crippen LogP contribution < -0.4 is 10.1 Å². The zero-order valence-corrected chi connectivity index (χ0v) is 24.2. The Labute approximate surface area is 243 Å². The van der Waals surface area contributed by atoms with Crippen molar-refractivity contribution in [2.24, 2.45) is 11.8 Å². The SMILES string of the molecule is CCS(=O)(=O)c1ccc([C@H](CO)NC(=O)c2ccc3c(OCC4CCC(C(F)(F)F)CC4)nc(C4CC4)cc3c2)cc1. The summed E-state index contributed by atoms with van der Waals surface area (Å²) in [7, 11) is -3.37. The summed E-state index contributed by atoms with van der Waals surface area (Å²) >= 11 is 0. The van der Waals surface area contributed by atoms with Gasteiger partial charge in [-0.1, -0.05) is 19.1 Å². The first-order valence-electron chi connectivity index (χ1n) is 14.4. The van der Waals surface area contributed by atoms with Gasteiger partial charge in [0.2, 0.25) is 5.88 Å². The van der Waals surface area contributed by atoms with E-state index in [1.165, 1.54) is 12.1 Å². The van der Waals surface area contributed by atoms with Gasteiger partial charge in [-0.25, -0.2) is 13.4 Å². The minimum Gasteiger partial charge on any atom is -0.477 e. The van der Waals surface area contributed by atoms with E-state index in [4.69, 9.17) is 9.72 Å². The molecule has 226 valence electrons. The molecular formula is C31H35F3N2O5S. The highest BCUT2D eigenvalue weighted by Crippen LogP contribution is 2.42.